The first kappa shape index (κ1) is 17.9. The van der Waals surface area contributed by atoms with Crippen LogP contribution < -0.4 is 10.6 Å². The average molecular weight is 368 g/mol. The van der Waals surface area contributed by atoms with Crippen LogP contribution >= 0.6 is 0 Å². The zero-order chi connectivity index (χ0) is 18.8. The number of carbonyl (C=O) groups excluding carboxylic acids is 2. The minimum Gasteiger partial charge on any atom is -0.361 e. The van der Waals surface area contributed by atoms with E-state index in [2.05, 4.69) is 28.6 Å². The Labute approximate surface area is 159 Å². The van der Waals surface area contributed by atoms with E-state index in [-0.39, 0.29) is 18.0 Å². The number of piperidine rings is 1. The number of amides is 3. The van der Waals surface area contributed by atoms with Crippen LogP contribution in [0.15, 0.2) is 30.5 Å². The number of likely N-dealkylation sites (tertiary alicyclic amines) is 1. The van der Waals surface area contributed by atoms with Crippen LogP contribution in [0, 0.1) is 5.92 Å². The highest BCUT2D eigenvalue weighted by molar-refractivity contribution is 5.89. The topological polar surface area (TPSA) is 77.2 Å². The van der Waals surface area contributed by atoms with Crippen molar-refractivity contribution < 1.29 is 9.59 Å². The Kier molecular flexibility index (Phi) is 5.05. The molecule has 1 saturated heterocycles. The van der Waals surface area contributed by atoms with Crippen LogP contribution in [-0.2, 0) is 11.2 Å². The summed E-state index contributed by atoms with van der Waals surface area (Å²) in [5.41, 5.74) is 2.11. The zero-order valence-corrected chi connectivity index (χ0v) is 15.8. The third-order valence-corrected chi connectivity index (χ3v) is 5.71. The van der Waals surface area contributed by atoms with Crippen LogP contribution in [0.4, 0.5) is 4.79 Å². The lowest BCUT2D eigenvalue weighted by molar-refractivity contribution is -0.134. The molecule has 2 aromatic rings. The van der Waals surface area contributed by atoms with E-state index in [0.717, 1.165) is 55.2 Å². The van der Waals surface area contributed by atoms with Gasteiger partial charge >= 0.3 is 6.03 Å². The molecule has 144 valence electrons. The monoisotopic (exact) mass is 368 g/mol. The molecule has 3 amide bonds. The van der Waals surface area contributed by atoms with Gasteiger partial charge in [-0.3, -0.25) is 4.79 Å². The summed E-state index contributed by atoms with van der Waals surface area (Å²) >= 11 is 0. The first-order chi connectivity index (χ1) is 13.1. The van der Waals surface area contributed by atoms with Gasteiger partial charge in [0.25, 0.3) is 0 Å². The lowest BCUT2D eigenvalue weighted by Gasteiger charge is -2.33. The number of aromatic nitrogens is 1. The molecule has 0 radical (unpaired) electrons. The number of para-hydroxylation sites is 1. The van der Waals surface area contributed by atoms with E-state index in [4.69, 9.17) is 0 Å². The van der Waals surface area contributed by atoms with Crippen molar-refractivity contribution in [2.45, 2.75) is 51.1 Å². The van der Waals surface area contributed by atoms with Crippen molar-refractivity contribution in [2.24, 2.45) is 5.92 Å². The lowest BCUT2D eigenvalue weighted by atomic mass is 9.97. The second kappa shape index (κ2) is 7.62. The number of carbonyl (C=O) groups is 2. The first-order valence-electron chi connectivity index (χ1n) is 10.0. The number of nitrogens with zero attached hydrogens (tertiary/aromatic N) is 1. The van der Waals surface area contributed by atoms with E-state index in [1.54, 1.807) is 0 Å². The van der Waals surface area contributed by atoms with Crippen molar-refractivity contribution in [3.05, 3.63) is 36.0 Å². The molecule has 3 N–H and O–H groups in total. The third kappa shape index (κ3) is 4.26. The molecule has 1 aromatic carbocycles. The number of hydrogen-bond acceptors (Lipinski definition) is 2. The SMILES string of the molecule is CC1CCN(C(=O)[C@@H](Cc2c[nH]c3ccccc23)NC(=O)NC2CC2)CC1. The number of urea groups is 1. The number of hydrogen-bond donors (Lipinski definition) is 3. The van der Waals surface area contributed by atoms with E-state index in [9.17, 15) is 9.59 Å². The van der Waals surface area contributed by atoms with E-state index in [1.165, 1.54) is 0 Å². The lowest BCUT2D eigenvalue weighted by Crippen LogP contribution is -2.53. The summed E-state index contributed by atoms with van der Waals surface area (Å²) < 4.78 is 0. The smallest absolute Gasteiger partial charge is 0.315 e. The number of rotatable bonds is 5. The highest BCUT2D eigenvalue weighted by Gasteiger charge is 2.31. The number of H-pyrrole nitrogens is 1. The highest BCUT2D eigenvalue weighted by Crippen LogP contribution is 2.22. The van der Waals surface area contributed by atoms with Crippen molar-refractivity contribution >= 4 is 22.8 Å². The largest absolute Gasteiger partial charge is 0.361 e. The molecule has 2 aliphatic rings. The molecule has 6 heteroatoms. The van der Waals surface area contributed by atoms with Crippen molar-refractivity contribution in [1.29, 1.82) is 0 Å². The average Bonchev–Trinajstić information content (AvgIpc) is 3.39. The summed E-state index contributed by atoms with van der Waals surface area (Å²) in [5.74, 6) is 0.686. The molecule has 2 fully saturated rings. The maximum Gasteiger partial charge on any atom is 0.315 e. The summed E-state index contributed by atoms with van der Waals surface area (Å²) in [5, 5.41) is 6.99. The fourth-order valence-electron chi connectivity index (χ4n) is 3.78. The Balaban J connectivity index is 1.51. The molecule has 0 spiro atoms. The molecule has 4 rings (SSSR count). The van der Waals surface area contributed by atoms with E-state index < -0.39 is 6.04 Å². The van der Waals surface area contributed by atoms with Gasteiger partial charge < -0.3 is 20.5 Å². The quantitative estimate of drug-likeness (QED) is 0.759. The van der Waals surface area contributed by atoms with Crippen molar-refractivity contribution in [1.82, 2.24) is 20.5 Å². The van der Waals surface area contributed by atoms with E-state index in [1.807, 2.05) is 29.3 Å². The molecular formula is C21H28N4O2. The maximum absolute atomic E-state index is 13.2. The van der Waals surface area contributed by atoms with Gasteiger partial charge in [0.15, 0.2) is 0 Å². The summed E-state index contributed by atoms with van der Waals surface area (Å²) in [6, 6.07) is 7.55. The molecule has 6 nitrogen and oxygen atoms in total. The van der Waals surface area contributed by atoms with Gasteiger partial charge in [-0.1, -0.05) is 25.1 Å². The minimum atomic E-state index is -0.545. The van der Waals surface area contributed by atoms with Crippen molar-refractivity contribution in [3.63, 3.8) is 0 Å². The van der Waals surface area contributed by atoms with Crippen molar-refractivity contribution in [3.8, 4) is 0 Å². The molecule has 2 heterocycles. The molecule has 0 unspecified atom stereocenters. The van der Waals surface area contributed by atoms with E-state index >= 15 is 0 Å². The van der Waals surface area contributed by atoms with Crippen LogP contribution in [0.5, 0.6) is 0 Å². The fourth-order valence-corrected chi connectivity index (χ4v) is 3.78. The van der Waals surface area contributed by atoms with Gasteiger partial charge in [0, 0.05) is 42.7 Å². The van der Waals surface area contributed by atoms with Gasteiger partial charge in [-0.05, 0) is 43.2 Å². The second-order valence-electron chi connectivity index (χ2n) is 8.02. The van der Waals surface area contributed by atoms with Gasteiger partial charge in [0.1, 0.15) is 6.04 Å². The minimum absolute atomic E-state index is 0.0260. The van der Waals surface area contributed by atoms with Crippen LogP contribution in [0.25, 0.3) is 10.9 Å². The molecule has 0 bridgehead atoms. The van der Waals surface area contributed by atoms with Crippen LogP contribution in [0.2, 0.25) is 0 Å². The van der Waals surface area contributed by atoms with Gasteiger partial charge in [-0.2, -0.15) is 0 Å². The Bertz CT molecular complexity index is 818. The molecule has 1 atom stereocenters. The predicted octanol–water partition coefficient (Wildman–Crippen LogP) is 2.80. The summed E-state index contributed by atoms with van der Waals surface area (Å²) in [6.07, 6.45) is 6.55. The molecule has 1 saturated carbocycles. The van der Waals surface area contributed by atoms with Crippen LogP contribution in [-0.4, -0.2) is 47.0 Å². The van der Waals surface area contributed by atoms with Gasteiger partial charge in [-0.25, -0.2) is 4.79 Å². The third-order valence-electron chi connectivity index (χ3n) is 5.71. The zero-order valence-electron chi connectivity index (χ0n) is 15.8. The molecule has 1 aromatic heterocycles. The van der Waals surface area contributed by atoms with Gasteiger partial charge in [0.2, 0.25) is 5.91 Å². The molecule has 1 aliphatic heterocycles. The van der Waals surface area contributed by atoms with Gasteiger partial charge in [-0.15, -0.1) is 0 Å². The first-order valence-corrected chi connectivity index (χ1v) is 10.0. The second-order valence-corrected chi connectivity index (χ2v) is 8.02. The van der Waals surface area contributed by atoms with Crippen LogP contribution in [0.1, 0.15) is 38.2 Å². The number of fused-ring (bicyclic) bond motifs is 1. The molecular weight excluding hydrogens is 340 g/mol. The summed E-state index contributed by atoms with van der Waals surface area (Å²) in [6.45, 7) is 3.78. The van der Waals surface area contributed by atoms with Crippen molar-refractivity contribution in [2.75, 3.05) is 13.1 Å². The van der Waals surface area contributed by atoms with Crippen LogP contribution in [0.3, 0.4) is 0 Å². The normalized spacial score (nSPS) is 19.1. The standard InChI is InChI=1S/C21H28N4O2/c1-14-8-10-25(11-9-14)20(26)19(24-21(27)23-16-6-7-16)12-15-13-22-18-5-3-2-4-17(15)18/h2-5,13-14,16,19,22H,6-12H2,1H3,(H2,23,24,27)/t19-/m1/s1. The van der Waals surface area contributed by atoms with E-state index in [0.29, 0.717) is 12.3 Å². The predicted molar refractivity (Wildman–Crippen MR) is 105 cm³/mol. The summed E-state index contributed by atoms with van der Waals surface area (Å²) in [7, 11) is 0. The summed E-state index contributed by atoms with van der Waals surface area (Å²) in [4.78, 5) is 30.7. The molecule has 1 aliphatic carbocycles. The Hall–Kier alpha value is -2.50. The maximum atomic E-state index is 13.2. The fraction of sp³-hybridized carbons (Fsp3) is 0.524. The van der Waals surface area contributed by atoms with Gasteiger partial charge in [0.05, 0.1) is 0 Å². The molecule has 27 heavy (non-hydrogen) atoms. The highest BCUT2D eigenvalue weighted by atomic mass is 16.2. The Morgan fingerprint density at radius 3 is 2.67 bits per heavy atom. The number of benzene rings is 1. The Morgan fingerprint density at radius 2 is 1.93 bits per heavy atom. The Morgan fingerprint density at radius 1 is 1.19 bits per heavy atom. The number of nitrogens with one attached hydrogen (secondary N) is 3. The number of aromatic amines is 1.